The van der Waals surface area contributed by atoms with Crippen LogP contribution in [-0.4, -0.2) is 80.7 Å². The van der Waals surface area contributed by atoms with Gasteiger partial charge in [0.05, 0.1) is 45.5 Å². The Bertz CT molecular complexity index is 3080. The van der Waals surface area contributed by atoms with Crippen LogP contribution in [0.5, 0.6) is 0 Å². The van der Waals surface area contributed by atoms with Gasteiger partial charge >= 0.3 is 12.1 Å². The summed E-state index contributed by atoms with van der Waals surface area (Å²) in [4.78, 5) is 31.7. The molecule has 11 heteroatoms. The van der Waals surface area contributed by atoms with Gasteiger partial charge in [-0.15, -0.1) is 0 Å². The molecule has 8 aromatic rings. The normalized spacial score (nSPS) is 14.2. The second kappa shape index (κ2) is 27.6. The summed E-state index contributed by atoms with van der Waals surface area (Å²) >= 11 is 0. The van der Waals surface area contributed by atoms with Crippen LogP contribution in [0, 0.1) is 0 Å². The molecule has 0 aliphatic heterocycles. The Kier molecular flexibility index (Phi) is 19.7. The third kappa shape index (κ3) is 13.9. The van der Waals surface area contributed by atoms with Crippen molar-refractivity contribution < 1.29 is 42.8 Å². The molecule has 5 atom stereocenters. The zero-order valence-electron chi connectivity index (χ0n) is 46.2. The predicted molar refractivity (Wildman–Crippen MR) is 317 cm³/mol. The topological polar surface area (TPSA) is 113 Å². The van der Waals surface area contributed by atoms with Crippen molar-refractivity contribution in [1.82, 2.24) is 4.90 Å². The maximum atomic E-state index is 15.6. The van der Waals surface area contributed by atoms with Gasteiger partial charge < -0.3 is 33.2 Å². The molecule has 1 aliphatic rings. The minimum atomic E-state index is -3.25. The molecular weight excluding hydrogens is 1010 g/mol. The lowest BCUT2D eigenvalue weighted by Gasteiger charge is -2.45. The summed E-state index contributed by atoms with van der Waals surface area (Å²) in [5.41, 5.74) is 7.63. The Morgan fingerprint density at radius 2 is 0.912 bits per heavy atom. The molecule has 0 radical (unpaired) electrons. The number of amides is 1. The molecule has 0 heterocycles. The van der Waals surface area contributed by atoms with E-state index in [9.17, 15) is 9.90 Å². The highest BCUT2D eigenvalue weighted by Gasteiger charge is 2.52. The van der Waals surface area contributed by atoms with Crippen molar-refractivity contribution >= 4 is 30.8 Å². The molecule has 0 aromatic heterocycles. The quantitative estimate of drug-likeness (QED) is 0.0418. The largest absolute Gasteiger partial charge is 0.466 e. The summed E-state index contributed by atoms with van der Waals surface area (Å²) in [5, 5.41) is 15.0. The highest BCUT2D eigenvalue weighted by Crippen LogP contribution is 2.45. The van der Waals surface area contributed by atoms with Gasteiger partial charge in [-0.25, -0.2) is 4.79 Å². The standard InChI is InChI=1S/C69H73NO9Si/c1-5-74-64(72)44-62(70(45-51-28-12-6-13-29-51)68(73)78-49-61-59-42-26-24-40-57(59)58-41-25-27-43-60(58)61)65(75-46-52-30-14-7-15-31-52)67(77-48-54-34-18-9-19-35-54)66(76-47-53-32-16-8-17-33-53)63(71)50-79-80(69(2,3)4,55-36-20-10-21-37-55)56-38-22-11-23-39-56/h6-43,61-63,65-67,71H,5,44-50H2,1-4H3/t62-,63-,65+,66-,67-/m1/s1. The third-order valence-corrected chi connectivity index (χ3v) is 20.0. The first kappa shape index (κ1) is 57.2. The molecule has 0 saturated carbocycles. The van der Waals surface area contributed by atoms with Gasteiger partial charge in [0.15, 0.2) is 0 Å². The number of aliphatic hydroxyl groups excluding tert-OH is 1. The van der Waals surface area contributed by atoms with E-state index in [0.717, 1.165) is 54.9 Å². The first-order valence-corrected chi connectivity index (χ1v) is 29.7. The molecule has 0 bridgehead atoms. The number of hydrogen-bond donors (Lipinski definition) is 1. The maximum Gasteiger partial charge on any atom is 0.410 e. The van der Waals surface area contributed by atoms with E-state index in [1.54, 1.807) is 11.8 Å². The van der Waals surface area contributed by atoms with E-state index < -0.39 is 55.9 Å². The summed E-state index contributed by atoms with van der Waals surface area (Å²) in [6, 6.07) is 74.7. The number of aliphatic hydroxyl groups is 1. The Morgan fingerprint density at radius 3 is 1.36 bits per heavy atom. The fourth-order valence-corrected chi connectivity index (χ4v) is 15.7. The van der Waals surface area contributed by atoms with E-state index in [1.165, 1.54) is 0 Å². The number of benzene rings is 8. The average molecular weight is 1090 g/mol. The van der Waals surface area contributed by atoms with Crippen LogP contribution in [-0.2, 0) is 59.3 Å². The molecule has 0 unspecified atom stereocenters. The smallest absolute Gasteiger partial charge is 0.410 e. The number of fused-ring (bicyclic) bond motifs is 3. The van der Waals surface area contributed by atoms with Gasteiger partial charge in [0.1, 0.15) is 31.0 Å². The summed E-state index contributed by atoms with van der Waals surface area (Å²) in [6.07, 6.45) is -5.96. The zero-order valence-corrected chi connectivity index (χ0v) is 47.2. The lowest BCUT2D eigenvalue weighted by Crippen LogP contribution is -2.67. The fourth-order valence-electron chi connectivity index (χ4n) is 11.2. The van der Waals surface area contributed by atoms with Gasteiger partial charge in [0, 0.05) is 12.5 Å². The van der Waals surface area contributed by atoms with Crippen LogP contribution in [0.1, 0.15) is 73.4 Å². The molecule has 9 rings (SSSR count). The van der Waals surface area contributed by atoms with Crippen LogP contribution in [0.3, 0.4) is 0 Å². The lowest BCUT2D eigenvalue weighted by atomic mass is 9.93. The summed E-state index contributed by atoms with van der Waals surface area (Å²) in [7, 11) is -3.25. The van der Waals surface area contributed by atoms with Gasteiger partial charge in [-0.05, 0) is 66.8 Å². The van der Waals surface area contributed by atoms with E-state index in [4.69, 9.17) is 28.1 Å². The van der Waals surface area contributed by atoms with Crippen molar-refractivity contribution in [3.8, 4) is 11.1 Å². The van der Waals surface area contributed by atoms with Gasteiger partial charge in [-0.3, -0.25) is 9.69 Å². The van der Waals surface area contributed by atoms with Crippen molar-refractivity contribution in [3.05, 3.63) is 264 Å². The highest BCUT2D eigenvalue weighted by atomic mass is 28.4. The average Bonchev–Trinajstić information content (AvgIpc) is 3.90. The monoisotopic (exact) mass is 1090 g/mol. The van der Waals surface area contributed by atoms with Crippen LogP contribution in [0.25, 0.3) is 11.1 Å². The van der Waals surface area contributed by atoms with Gasteiger partial charge in [-0.1, -0.05) is 251 Å². The van der Waals surface area contributed by atoms with Crippen LogP contribution >= 0.6 is 0 Å². The summed E-state index contributed by atoms with van der Waals surface area (Å²) < 4.78 is 41.5. The first-order chi connectivity index (χ1) is 39.0. The van der Waals surface area contributed by atoms with Crippen LogP contribution in [0.15, 0.2) is 231 Å². The molecule has 1 N–H and O–H groups in total. The van der Waals surface area contributed by atoms with Crippen molar-refractivity contribution in [2.45, 2.75) is 102 Å². The van der Waals surface area contributed by atoms with Crippen LogP contribution in [0.2, 0.25) is 5.04 Å². The first-order valence-electron chi connectivity index (χ1n) is 27.7. The van der Waals surface area contributed by atoms with Crippen molar-refractivity contribution in [2.24, 2.45) is 0 Å². The summed E-state index contributed by atoms with van der Waals surface area (Å²) in [5.74, 6) is -0.809. The Morgan fingerprint density at radius 1 is 0.512 bits per heavy atom. The molecule has 412 valence electrons. The molecule has 8 aromatic carbocycles. The number of rotatable bonds is 26. The number of nitrogens with zero attached hydrogens (tertiary/aromatic N) is 1. The number of carbonyl (C=O) groups excluding carboxylic acids is 2. The van der Waals surface area contributed by atoms with Crippen LogP contribution < -0.4 is 10.4 Å². The minimum absolute atomic E-state index is 0.0211. The molecule has 10 nitrogen and oxygen atoms in total. The fraction of sp³-hybridized carbons (Fsp3) is 0.275. The second-order valence-corrected chi connectivity index (χ2v) is 25.6. The molecule has 0 fully saturated rings. The van der Waals surface area contributed by atoms with Gasteiger partial charge in [0.2, 0.25) is 0 Å². The highest BCUT2D eigenvalue weighted by molar-refractivity contribution is 6.99. The van der Waals surface area contributed by atoms with E-state index in [2.05, 4.69) is 69.3 Å². The number of carbonyl (C=O) groups is 2. The SMILES string of the molecule is CCOC(=O)C[C@H]([C@H](OCc1ccccc1)[C@@H](OCc1ccccc1)[C@H](OCc1ccccc1)[C@H](O)CO[Si](c1ccccc1)(c1ccccc1)C(C)(C)C)N(Cc1ccccc1)C(=O)OCC1c2ccccc2-c2ccccc21. The van der Waals surface area contributed by atoms with Gasteiger partial charge in [-0.2, -0.15) is 0 Å². The number of esters is 1. The Hall–Kier alpha value is -7.48. The Labute approximate surface area is 473 Å². The van der Waals surface area contributed by atoms with Crippen molar-refractivity contribution in [1.29, 1.82) is 0 Å². The zero-order chi connectivity index (χ0) is 55.7. The van der Waals surface area contributed by atoms with Gasteiger partial charge in [0.25, 0.3) is 8.32 Å². The maximum absolute atomic E-state index is 15.6. The lowest BCUT2D eigenvalue weighted by molar-refractivity contribution is -0.197. The van der Waals surface area contributed by atoms with Crippen molar-refractivity contribution in [2.75, 3.05) is 19.8 Å². The second-order valence-electron chi connectivity index (χ2n) is 21.3. The van der Waals surface area contributed by atoms with Crippen LogP contribution in [0.4, 0.5) is 4.79 Å². The third-order valence-electron chi connectivity index (χ3n) is 15.0. The molecular formula is C69H73NO9Si. The molecule has 1 amide bonds. The summed E-state index contributed by atoms with van der Waals surface area (Å²) in [6.45, 7) is 8.47. The number of ether oxygens (including phenoxy) is 5. The molecule has 0 spiro atoms. The molecule has 1 aliphatic carbocycles. The van der Waals surface area contributed by atoms with E-state index in [1.807, 2.05) is 182 Å². The Balaban J connectivity index is 1.19. The van der Waals surface area contributed by atoms with E-state index >= 15 is 4.79 Å². The molecule has 80 heavy (non-hydrogen) atoms. The van der Waals surface area contributed by atoms with E-state index in [0.29, 0.717) is 0 Å². The minimum Gasteiger partial charge on any atom is -0.466 e. The van der Waals surface area contributed by atoms with Crippen molar-refractivity contribution in [3.63, 3.8) is 0 Å². The predicted octanol–water partition coefficient (Wildman–Crippen LogP) is 12.5. The molecule has 0 saturated heterocycles. The number of hydrogen-bond acceptors (Lipinski definition) is 9. The van der Waals surface area contributed by atoms with E-state index in [-0.39, 0.29) is 58.5 Å².